The Bertz CT molecular complexity index is 335. The Morgan fingerprint density at radius 3 is 2.67 bits per heavy atom. The van der Waals surface area contributed by atoms with E-state index in [1.165, 1.54) is 5.56 Å². The Kier molecular flexibility index (Phi) is 7.14. The zero-order chi connectivity index (χ0) is 13.2. The van der Waals surface area contributed by atoms with Gasteiger partial charge in [-0.25, -0.2) is 0 Å². The van der Waals surface area contributed by atoms with Gasteiger partial charge in [0.25, 0.3) is 0 Å². The van der Waals surface area contributed by atoms with Crippen LogP contribution in [0, 0.1) is 0 Å². The Morgan fingerprint density at radius 2 is 2.06 bits per heavy atom. The molecule has 0 amide bonds. The van der Waals surface area contributed by atoms with E-state index in [2.05, 4.69) is 42.9 Å². The van der Waals surface area contributed by atoms with E-state index < -0.39 is 0 Å². The fourth-order valence-electron chi connectivity index (χ4n) is 1.52. The van der Waals surface area contributed by atoms with Crippen molar-refractivity contribution in [1.82, 2.24) is 10.2 Å². The van der Waals surface area contributed by atoms with Gasteiger partial charge in [0.05, 0.1) is 0 Å². The minimum absolute atomic E-state index is 0.556. The van der Waals surface area contributed by atoms with Crippen molar-refractivity contribution in [3.8, 4) is 5.75 Å². The van der Waals surface area contributed by atoms with Gasteiger partial charge in [-0.05, 0) is 31.3 Å². The van der Waals surface area contributed by atoms with Gasteiger partial charge in [-0.3, -0.25) is 0 Å². The van der Waals surface area contributed by atoms with E-state index >= 15 is 0 Å². The Labute approximate surface area is 110 Å². The van der Waals surface area contributed by atoms with Crippen LogP contribution in [-0.4, -0.2) is 38.2 Å². The molecule has 0 spiro atoms. The molecule has 1 aromatic carbocycles. The molecule has 0 fully saturated rings. The molecule has 0 aliphatic carbocycles. The van der Waals surface area contributed by atoms with Crippen LogP contribution in [0.5, 0.6) is 5.75 Å². The first-order chi connectivity index (χ1) is 8.76. The predicted octanol–water partition coefficient (Wildman–Crippen LogP) is 2.29. The lowest BCUT2D eigenvalue weighted by Gasteiger charge is -2.14. The van der Waals surface area contributed by atoms with Crippen LogP contribution in [0.1, 0.15) is 12.5 Å². The molecule has 3 heteroatoms. The fourth-order valence-corrected chi connectivity index (χ4v) is 1.52. The number of nitrogens with zero attached hydrogens (tertiary/aromatic N) is 1. The van der Waals surface area contributed by atoms with Crippen molar-refractivity contribution in [2.45, 2.75) is 13.5 Å². The third-order valence-corrected chi connectivity index (χ3v) is 2.83. The summed E-state index contributed by atoms with van der Waals surface area (Å²) in [6.45, 7) is 10.4. The summed E-state index contributed by atoms with van der Waals surface area (Å²) in [5.74, 6) is 0.893. The molecule has 100 valence electrons. The summed E-state index contributed by atoms with van der Waals surface area (Å²) in [7, 11) is 2.13. The minimum Gasteiger partial charge on any atom is -0.490 e. The van der Waals surface area contributed by atoms with Crippen LogP contribution in [0.2, 0.25) is 0 Å². The highest BCUT2D eigenvalue weighted by atomic mass is 16.5. The molecule has 1 N–H and O–H groups in total. The lowest BCUT2D eigenvalue weighted by atomic mass is 10.2. The summed E-state index contributed by atoms with van der Waals surface area (Å²) in [6.07, 6.45) is 1.75. The third kappa shape index (κ3) is 5.84. The molecule has 0 saturated carbocycles. The zero-order valence-corrected chi connectivity index (χ0v) is 11.5. The Morgan fingerprint density at radius 1 is 1.33 bits per heavy atom. The number of likely N-dealkylation sites (N-methyl/N-ethyl adjacent to an activating group) is 1. The Hall–Kier alpha value is -1.32. The molecular formula is C15H24N2O. The van der Waals surface area contributed by atoms with E-state index in [4.69, 9.17) is 4.74 Å². The first kappa shape index (κ1) is 14.7. The van der Waals surface area contributed by atoms with Crippen LogP contribution in [0.3, 0.4) is 0 Å². The lowest BCUT2D eigenvalue weighted by Crippen LogP contribution is -2.28. The quantitative estimate of drug-likeness (QED) is 0.536. The molecule has 0 aliphatic rings. The summed E-state index contributed by atoms with van der Waals surface area (Å²) in [4.78, 5) is 2.29. The summed E-state index contributed by atoms with van der Waals surface area (Å²) >= 11 is 0. The molecule has 0 unspecified atom stereocenters. The first-order valence-electron chi connectivity index (χ1n) is 6.48. The molecule has 1 aromatic rings. The molecule has 0 atom stereocenters. The second-order valence-electron chi connectivity index (χ2n) is 4.32. The van der Waals surface area contributed by atoms with Gasteiger partial charge in [0.15, 0.2) is 0 Å². The molecule has 0 heterocycles. The van der Waals surface area contributed by atoms with E-state index in [0.29, 0.717) is 6.61 Å². The van der Waals surface area contributed by atoms with Crippen molar-refractivity contribution in [1.29, 1.82) is 0 Å². The van der Waals surface area contributed by atoms with Crippen LogP contribution >= 0.6 is 0 Å². The summed E-state index contributed by atoms with van der Waals surface area (Å²) in [6, 6.07) is 8.18. The maximum Gasteiger partial charge on any atom is 0.119 e. The molecule has 1 rings (SSSR count). The molecule has 0 aromatic heterocycles. The monoisotopic (exact) mass is 248 g/mol. The van der Waals surface area contributed by atoms with Crippen LogP contribution in [0.4, 0.5) is 0 Å². The largest absolute Gasteiger partial charge is 0.490 e. The molecule has 0 bridgehead atoms. The highest BCUT2D eigenvalue weighted by Gasteiger charge is 1.96. The SMILES string of the molecule is C=CCOc1ccc(CNCCN(C)CC)cc1. The predicted molar refractivity (Wildman–Crippen MR) is 77.0 cm³/mol. The van der Waals surface area contributed by atoms with Gasteiger partial charge < -0.3 is 15.0 Å². The van der Waals surface area contributed by atoms with Gasteiger partial charge >= 0.3 is 0 Å². The van der Waals surface area contributed by atoms with Gasteiger partial charge in [0, 0.05) is 19.6 Å². The smallest absolute Gasteiger partial charge is 0.119 e. The molecule has 18 heavy (non-hydrogen) atoms. The van der Waals surface area contributed by atoms with E-state index in [1.807, 2.05) is 12.1 Å². The summed E-state index contributed by atoms with van der Waals surface area (Å²) in [5.41, 5.74) is 1.28. The molecule has 0 radical (unpaired) electrons. The number of benzene rings is 1. The topological polar surface area (TPSA) is 24.5 Å². The number of hydrogen-bond acceptors (Lipinski definition) is 3. The number of rotatable bonds is 9. The normalized spacial score (nSPS) is 10.6. The van der Waals surface area contributed by atoms with Crippen molar-refractivity contribution < 1.29 is 4.74 Å². The van der Waals surface area contributed by atoms with Crippen LogP contribution in [0.15, 0.2) is 36.9 Å². The standard InChI is InChI=1S/C15H24N2O/c1-4-12-18-15-8-6-14(7-9-15)13-16-10-11-17(3)5-2/h4,6-9,16H,1,5,10-13H2,2-3H3. The van der Waals surface area contributed by atoms with Crippen molar-refractivity contribution in [2.24, 2.45) is 0 Å². The van der Waals surface area contributed by atoms with Crippen LogP contribution < -0.4 is 10.1 Å². The lowest BCUT2D eigenvalue weighted by molar-refractivity contribution is 0.349. The molecule has 0 saturated heterocycles. The zero-order valence-electron chi connectivity index (χ0n) is 11.5. The Balaban J connectivity index is 2.24. The van der Waals surface area contributed by atoms with Crippen molar-refractivity contribution in [3.63, 3.8) is 0 Å². The van der Waals surface area contributed by atoms with Gasteiger partial charge in [0.1, 0.15) is 12.4 Å². The second kappa shape index (κ2) is 8.72. The molecular weight excluding hydrogens is 224 g/mol. The van der Waals surface area contributed by atoms with Crippen molar-refractivity contribution in [2.75, 3.05) is 33.3 Å². The summed E-state index contributed by atoms with van der Waals surface area (Å²) < 4.78 is 5.44. The molecule has 3 nitrogen and oxygen atoms in total. The number of ether oxygens (including phenoxy) is 1. The van der Waals surface area contributed by atoms with Gasteiger partial charge in [-0.15, -0.1) is 0 Å². The second-order valence-corrected chi connectivity index (χ2v) is 4.32. The van der Waals surface area contributed by atoms with Crippen molar-refractivity contribution in [3.05, 3.63) is 42.5 Å². The van der Waals surface area contributed by atoms with E-state index in [9.17, 15) is 0 Å². The van der Waals surface area contributed by atoms with E-state index in [0.717, 1.165) is 31.9 Å². The highest BCUT2D eigenvalue weighted by molar-refractivity contribution is 5.27. The number of nitrogens with one attached hydrogen (secondary N) is 1. The maximum absolute atomic E-state index is 5.44. The van der Waals surface area contributed by atoms with Crippen LogP contribution in [-0.2, 0) is 6.54 Å². The number of hydrogen-bond donors (Lipinski definition) is 1. The average molecular weight is 248 g/mol. The van der Waals surface area contributed by atoms with Gasteiger partial charge in [-0.1, -0.05) is 31.7 Å². The highest BCUT2D eigenvalue weighted by Crippen LogP contribution is 2.11. The first-order valence-corrected chi connectivity index (χ1v) is 6.48. The minimum atomic E-state index is 0.556. The van der Waals surface area contributed by atoms with E-state index in [-0.39, 0.29) is 0 Å². The van der Waals surface area contributed by atoms with Crippen LogP contribution in [0.25, 0.3) is 0 Å². The van der Waals surface area contributed by atoms with Gasteiger partial charge in [0.2, 0.25) is 0 Å². The summed E-state index contributed by atoms with van der Waals surface area (Å²) in [5, 5.41) is 3.43. The van der Waals surface area contributed by atoms with Crippen molar-refractivity contribution >= 4 is 0 Å². The average Bonchev–Trinajstić information content (AvgIpc) is 2.42. The van der Waals surface area contributed by atoms with E-state index in [1.54, 1.807) is 6.08 Å². The van der Waals surface area contributed by atoms with Gasteiger partial charge in [-0.2, -0.15) is 0 Å². The maximum atomic E-state index is 5.44. The third-order valence-electron chi connectivity index (χ3n) is 2.83. The fraction of sp³-hybridized carbons (Fsp3) is 0.467. The molecule has 0 aliphatic heterocycles.